The number of ether oxygens (including phenoxy) is 1. The summed E-state index contributed by atoms with van der Waals surface area (Å²) in [4.78, 5) is 20.8. The first-order valence-corrected chi connectivity index (χ1v) is 8.64. The summed E-state index contributed by atoms with van der Waals surface area (Å²) in [5.74, 6) is 0.633. The van der Waals surface area contributed by atoms with E-state index in [9.17, 15) is 4.79 Å². The van der Waals surface area contributed by atoms with Crippen molar-refractivity contribution in [2.75, 3.05) is 29.6 Å². The Balaban J connectivity index is 1.76. The number of carbonyl (C=O) groups excluding carboxylic acids is 1. The van der Waals surface area contributed by atoms with Crippen molar-refractivity contribution in [1.29, 1.82) is 0 Å². The number of hydrogen-bond donors (Lipinski definition) is 4. The van der Waals surface area contributed by atoms with Crippen LogP contribution in [0.25, 0.3) is 0 Å². The van der Waals surface area contributed by atoms with Gasteiger partial charge in [-0.2, -0.15) is 4.98 Å². The maximum atomic E-state index is 12.0. The zero-order valence-electron chi connectivity index (χ0n) is 13.9. The van der Waals surface area contributed by atoms with Gasteiger partial charge in [0.2, 0.25) is 11.9 Å². The fourth-order valence-corrected chi connectivity index (χ4v) is 3.40. The summed E-state index contributed by atoms with van der Waals surface area (Å²) >= 11 is 0. The van der Waals surface area contributed by atoms with Gasteiger partial charge in [0.05, 0.1) is 11.9 Å². The Morgan fingerprint density at radius 1 is 1.25 bits per heavy atom. The fraction of sp³-hybridized carbons (Fsp3) is 0.688. The normalized spacial score (nSPS) is 21.2. The van der Waals surface area contributed by atoms with Gasteiger partial charge in [-0.05, 0) is 25.7 Å². The van der Waals surface area contributed by atoms with E-state index >= 15 is 0 Å². The van der Waals surface area contributed by atoms with Crippen LogP contribution in [0.2, 0.25) is 0 Å². The first-order chi connectivity index (χ1) is 11.6. The van der Waals surface area contributed by atoms with Crippen LogP contribution in [0.5, 0.6) is 0 Å². The molecule has 8 heteroatoms. The van der Waals surface area contributed by atoms with Gasteiger partial charge in [-0.15, -0.1) is 0 Å². The molecule has 1 amide bonds. The second-order valence-electron chi connectivity index (χ2n) is 6.66. The van der Waals surface area contributed by atoms with Crippen molar-refractivity contribution in [3.8, 4) is 0 Å². The van der Waals surface area contributed by atoms with Gasteiger partial charge in [-0.1, -0.05) is 19.3 Å². The topological polar surface area (TPSA) is 128 Å². The van der Waals surface area contributed by atoms with Crippen molar-refractivity contribution >= 4 is 23.4 Å². The molecule has 2 heterocycles. The second-order valence-corrected chi connectivity index (χ2v) is 6.66. The highest BCUT2D eigenvalue weighted by Gasteiger charge is 2.38. The molecule has 0 atom stereocenters. The summed E-state index contributed by atoms with van der Waals surface area (Å²) < 4.78 is 5.36. The SMILES string of the molecule is NC(=O)C1(Nc2nc(NC3CCOCC3)ncc2N)CCCCC1. The van der Waals surface area contributed by atoms with Gasteiger partial charge in [-0.25, -0.2) is 4.98 Å². The monoisotopic (exact) mass is 334 g/mol. The Morgan fingerprint density at radius 2 is 1.96 bits per heavy atom. The molecule has 2 fully saturated rings. The van der Waals surface area contributed by atoms with E-state index in [1.165, 1.54) is 0 Å². The average Bonchev–Trinajstić information content (AvgIpc) is 2.59. The lowest BCUT2D eigenvalue weighted by atomic mass is 9.81. The Bertz CT molecular complexity index is 582. The highest BCUT2D eigenvalue weighted by molar-refractivity contribution is 5.88. The molecule has 6 N–H and O–H groups in total. The zero-order chi connectivity index (χ0) is 17.0. The van der Waals surface area contributed by atoms with Crippen molar-refractivity contribution in [3.63, 3.8) is 0 Å². The quantitative estimate of drug-likeness (QED) is 0.638. The molecular formula is C16H26N6O2. The Labute approximate surface area is 141 Å². The molecule has 0 unspecified atom stereocenters. The van der Waals surface area contributed by atoms with Crippen molar-refractivity contribution < 1.29 is 9.53 Å². The molecule has 0 bridgehead atoms. The smallest absolute Gasteiger partial charge is 0.243 e. The second kappa shape index (κ2) is 7.21. The van der Waals surface area contributed by atoms with Crippen LogP contribution in [0.15, 0.2) is 6.20 Å². The molecule has 1 aromatic heterocycles. The molecule has 3 rings (SSSR count). The van der Waals surface area contributed by atoms with E-state index in [4.69, 9.17) is 16.2 Å². The van der Waals surface area contributed by atoms with Gasteiger partial charge in [-0.3, -0.25) is 4.79 Å². The van der Waals surface area contributed by atoms with Crippen LogP contribution in [-0.4, -0.2) is 40.7 Å². The minimum atomic E-state index is -0.767. The summed E-state index contributed by atoms with van der Waals surface area (Å²) in [5.41, 5.74) is 11.3. The van der Waals surface area contributed by atoms with Gasteiger partial charge in [0.1, 0.15) is 5.54 Å². The number of nitrogens with one attached hydrogen (secondary N) is 2. The van der Waals surface area contributed by atoms with Crippen molar-refractivity contribution in [2.45, 2.75) is 56.5 Å². The third-order valence-corrected chi connectivity index (χ3v) is 4.91. The summed E-state index contributed by atoms with van der Waals surface area (Å²) in [6, 6.07) is 0.287. The van der Waals surface area contributed by atoms with E-state index in [1.807, 2.05) is 0 Å². The number of aromatic nitrogens is 2. The average molecular weight is 334 g/mol. The molecule has 2 aliphatic rings. The van der Waals surface area contributed by atoms with E-state index in [0.29, 0.717) is 30.3 Å². The number of nitrogens with two attached hydrogens (primary N) is 2. The lowest BCUT2D eigenvalue weighted by Crippen LogP contribution is -2.52. The molecule has 132 valence electrons. The van der Waals surface area contributed by atoms with E-state index in [1.54, 1.807) is 6.20 Å². The molecule has 0 spiro atoms. The van der Waals surface area contributed by atoms with Gasteiger partial charge in [0.15, 0.2) is 5.82 Å². The summed E-state index contributed by atoms with van der Waals surface area (Å²) in [6.45, 7) is 1.48. The Hall–Kier alpha value is -2.09. The first kappa shape index (κ1) is 16.8. The van der Waals surface area contributed by atoms with Crippen LogP contribution in [0.3, 0.4) is 0 Å². The summed E-state index contributed by atoms with van der Waals surface area (Å²) in [6.07, 6.45) is 7.86. The third-order valence-electron chi connectivity index (χ3n) is 4.91. The van der Waals surface area contributed by atoms with E-state index in [0.717, 1.165) is 45.3 Å². The van der Waals surface area contributed by atoms with Crippen LogP contribution in [0.1, 0.15) is 44.9 Å². The third kappa shape index (κ3) is 3.69. The minimum Gasteiger partial charge on any atom is -0.394 e. The van der Waals surface area contributed by atoms with E-state index in [2.05, 4.69) is 20.6 Å². The zero-order valence-corrected chi connectivity index (χ0v) is 13.9. The van der Waals surface area contributed by atoms with Crippen molar-refractivity contribution in [3.05, 3.63) is 6.20 Å². The largest absolute Gasteiger partial charge is 0.394 e. The number of anilines is 3. The van der Waals surface area contributed by atoms with E-state index in [-0.39, 0.29) is 11.9 Å². The highest BCUT2D eigenvalue weighted by Crippen LogP contribution is 2.32. The van der Waals surface area contributed by atoms with Crippen LogP contribution in [0.4, 0.5) is 17.5 Å². The molecule has 1 aliphatic carbocycles. The predicted molar refractivity (Wildman–Crippen MR) is 92.5 cm³/mol. The lowest BCUT2D eigenvalue weighted by molar-refractivity contribution is -0.123. The molecule has 24 heavy (non-hydrogen) atoms. The van der Waals surface area contributed by atoms with Gasteiger partial charge in [0, 0.05) is 19.3 Å². The maximum Gasteiger partial charge on any atom is 0.243 e. The number of primary amides is 1. The molecule has 0 aromatic carbocycles. The number of rotatable bonds is 5. The van der Waals surface area contributed by atoms with Crippen molar-refractivity contribution in [1.82, 2.24) is 9.97 Å². The number of nitrogen functional groups attached to an aromatic ring is 1. The number of hydrogen-bond acceptors (Lipinski definition) is 7. The summed E-state index contributed by atoms with van der Waals surface area (Å²) in [5, 5.41) is 6.54. The van der Waals surface area contributed by atoms with Gasteiger partial charge >= 0.3 is 0 Å². The molecule has 8 nitrogen and oxygen atoms in total. The highest BCUT2D eigenvalue weighted by atomic mass is 16.5. The first-order valence-electron chi connectivity index (χ1n) is 8.64. The molecule has 1 saturated heterocycles. The molecule has 1 aromatic rings. The van der Waals surface area contributed by atoms with Gasteiger partial charge in [0.25, 0.3) is 0 Å². The standard InChI is InChI=1S/C16H26N6O2/c17-12-10-19-15(20-11-4-8-24-9-5-11)21-13(12)22-16(14(18)23)6-2-1-3-7-16/h10-11H,1-9,17H2,(H2,18,23)(H2,19,20,21,22). The minimum absolute atomic E-state index is 0.287. The number of nitrogens with zero attached hydrogens (tertiary/aromatic N) is 2. The fourth-order valence-electron chi connectivity index (χ4n) is 3.40. The van der Waals surface area contributed by atoms with Crippen molar-refractivity contribution in [2.24, 2.45) is 5.73 Å². The van der Waals surface area contributed by atoms with Crippen LogP contribution in [0, 0.1) is 0 Å². The molecule has 1 saturated carbocycles. The molecule has 1 aliphatic heterocycles. The Morgan fingerprint density at radius 3 is 2.62 bits per heavy atom. The predicted octanol–water partition coefficient (Wildman–Crippen LogP) is 1.25. The lowest BCUT2D eigenvalue weighted by Gasteiger charge is -2.35. The maximum absolute atomic E-state index is 12.0. The number of carbonyl (C=O) groups is 1. The Kier molecular flexibility index (Phi) is 5.03. The summed E-state index contributed by atoms with van der Waals surface area (Å²) in [7, 11) is 0. The molecular weight excluding hydrogens is 308 g/mol. The molecule has 0 radical (unpaired) electrons. The number of amides is 1. The van der Waals surface area contributed by atoms with Crippen LogP contribution >= 0.6 is 0 Å². The van der Waals surface area contributed by atoms with Crippen LogP contribution < -0.4 is 22.1 Å². The van der Waals surface area contributed by atoms with Crippen LogP contribution in [-0.2, 0) is 9.53 Å². The van der Waals surface area contributed by atoms with Gasteiger partial charge < -0.3 is 26.8 Å². The van der Waals surface area contributed by atoms with E-state index < -0.39 is 5.54 Å².